The third kappa shape index (κ3) is 2.11. The van der Waals surface area contributed by atoms with E-state index >= 15 is 0 Å². The van der Waals surface area contributed by atoms with Crippen LogP contribution in [0.4, 0.5) is 4.79 Å². The summed E-state index contributed by atoms with van der Waals surface area (Å²) >= 11 is 0. The van der Waals surface area contributed by atoms with Crippen molar-refractivity contribution in [3.05, 3.63) is 0 Å². The van der Waals surface area contributed by atoms with Crippen LogP contribution in [-0.4, -0.2) is 43.1 Å². The van der Waals surface area contributed by atoms with Crippen LogP contribution in [0, 0.1) is 0 Å². The first-order valence-electron chi connectivity index (χ1n) is 3.94. The normalized spacial score (nSPS) is 17.1. The molecule has 0 atom stereocenters. The number of carbonyl (C=O) groups excluding carboxylic acids is 1. The van der Waals surface area contributed by atoms with E-state index in [9.17, 15) is 4.79 Å². The Labute approximate surface area is 71.2 Å². The van der Waals surface area contributed by atoms with Crippen LogP contribution in [0.3, 0.4) is 0 Å². The molecule has 0 aromatic carbocycles. The van der Waals surface area contributed by atoms with Crippen LogP contribution in [0.15, 0.2) is 4.99 Å². The lowest BCUT2D eigenvalue weighted by Crippen LogP contribution is -2.43. The third-order valence-electron chi connectivity index (χ3n) is 1.56. The molecule has 5 heteroatoms. The fourth-order valence-electron chi connectivity index (χ4n) is 1.01. The van der Waals surface area contributed by atoms with E-state index in [4.69, 9.17) is 10.5 Å². The molecule has 68 valence electrons. The molecule has 5 nitrogen and oxygen atoms in total. The average molecular weight is 171 g/mol. The third-order valence-corrected chi connectivity index (χ3v) is 1.56. The zero-order valence-electron chi connectivity index (χ0n) is 7.12. The van der Waals surface area contributed by atoms with E-state index in [0.29, 0.717) is 32.1 Å². The molecule has 0 saturated carbocycles. The van der Waals surface area contributed by atoms with Gasteiger partial charge in [0.15, 0.2) is 0 Å². The Morgan fingerprint density at radius 1 is 1.83 bits per heavy atom. The number of hydrogen-bond acceptors (Lipinski definition) is 4. The van der Waals surface area contributed by atoms with E-state index in [2.05, 4.69) is 4.99 Å². The van der Waals surface area contributed by atoms with Gasteiger partial charge in [0.05, 0.1) is 19.7 Å². The molecule has 1 aliphatic rings. The smallest absolute Gasteiger partial charge is 0.410 e. The number of amides is 1. The number of hydrogen-bond donors (Lipinski definition) is 1. The van der Waals surface area contributed by atoms with Crippen LogP contribution in [0.25, 0.3) is 0 Å². The summed E-state index contributed by atoms with van der Waals surface area (Å²) in [6, 6.07) is 0. The maximum Gasteiger partial charge on any atom is 0.410 e. The van der Waals surface area contributed by atoms with Gasteiger partial charge in [0.2, 0.25) is 0 Å². The minimum absolute atomic E-state index is 0.310. The van der Waals surface area contributed by atoms with Crippen LogP contribution < -0.4 is 5.73 Å². The second-order valence-corrected chi connectivity index (χ2v) is 2.49. The predicted molar refractivity (Wildman–Crippen MR) is 45.1 cm³/mol. The number of carbonyl (C=O) groups is 1. The first-order valence-corrected chi connectivity index (χ1v) is 3.94. The minimum Gasteiger partial charge on any atom is -0.450 e. The monoisotopic (exact) mass is 171 g/mol. The summed E-state index contributed by atoms with van der Waals surface area (Å²) < 4.78 is 4.81. The molecule has 0 fully saturated rings. The Kier molecular flexibility index (Phi) is 2.90. The quantitative estimate of drug-likeness (QED) is 0.594. The standard InChI is InChI=1S/C7H13N3O2/c1-2-12-7(11)10-4-3-9-6(8)5-10/h2-5H2,1H3,(H2,8,9). The topological polar surface area (TPSA) is 67.9 Å². The number of aliphatic imine (C=N–C) groups is 1. The lowest BCUT2D eigenvalue weighted by atomic mass is 10.4. The number of nitrogens with zero attached hydrogens (tertiary/aromatic N) is 2. The molecule has 0 radical (unpaired) electrons. The van der Waals surface area contributed by atoms with Gasteiger partial charge in [-0.15, -0.1) is 0 Å². The largest absolute Gasteiger partial charge is 0.450 e. The molecule has 0 aromatic heterocycles. The van der Waals surface area contributed by atoms with Gasteiger partial charge in [-0.25, -0.2) is 4.79 Å². The average Bonchev–Trinajstić information content (AvgIpc) is 2.05. The lowest BCUT2D eigenvalue weighted by molar-refractivity contribution is 0.112. The van der Waals surface area contributed by atoms with E-state index in [1.165, 1.54) is 0 Å². The molecule has 1 aliphatic heterocycles. The van der Waals surface area contributed by atoms with Gasteiger partial charge in [-0.05, 0) is 6.92 Å². The van der Waals surface area contributed by atoms with Crippen molar-refractivity contribution < 1.29 is 9.53 Å². The number of rotatable bonds is 1. The maximum atomic E-state index is 11.1. The molecular formula is C7H13N3O2. The summed E-state index contributed by atoms with van der Waals surface area (Å²) in [5.74, 6) is 0.495. The minimum atomic E-state index is -0.310. The highest BCUT2D eigenvalue weighted by molar-refractivity contribution is 5.86. The molecule has 0 aliphatic carbocycles. The van der Waals surface area contributed by atoms with Crippen molar-refractivity contribution in [3.63, 3.8) is 0 Å². The van der Waals surface area contributed by atoms with Crippen molar-refractivity contribution in [2.75, 3.05) is 26.2 Å². The summed E-state index contributed by atoms with van der Waals surface area (Å²) in [4.78, 5) is 16.7. The Hall–Kier alpha value is -1.26. The second-order valence-electron chi connectivity index (χ2n) is 2.49. The number of amidine groups is 1. The van der Waals surface area contributed by atoms with Crippen LogP contribution in [0.5, 0.6) is 0 Å². The van der Waals surface area contributed by atoms with Gasteiger partial charge in [-0.2, -0.15) is 0 Å². The molecule has 0 unspecified atom stereocenters. The van der Waals surface area contributed by atoms with Crippen molar-refractivity contribution >= 4 is 11.9 Å². The fraction of sp³-hybridized carbons (Fsp3) is 0.714. The zero-order chi connectivity index (χ0) is 8.97. The van der Waals surface area contributed by atoms with Gasteiger partial charge >= 0.3 is 6.09 Å². The van der Waals surface area contributed by atoms with Gasteiger partial charge < -0.3 is 10.5 Å². The first kappa shape index (κ1) is 8.83. The van der Waals surface area contributed by atoms with Crippen molar-refractivity contribution in [2.45, 2.75) is 6.92 Å². The van der Waals surface area contributed by atoms with Crippen LogP contribution in [0.1, 0.15) is 6.92 Å². The highest BCUT2D eigenvalue weighted by Gasteiger charge is 2.17. The molecule has 1 heterocycles. The van der Waals surface area contributed by atoms with E-state index in [1.807, 2.05) is 0 Å². The predicted octanol–water partition coefficient (Wildman–Crippen LogP) is -0.184. The highest BCUT2D eigenvalue weighted by Crippen LogP contribution is 1.98. The first-order chi connectivity index (χ1) is 5.74. The van der Waals surface area contributed by atoms with Gasteiger partial charge in [0.25, 0.3) is 0 Å². The molecule has 1 rings (SSSR count). The summed E-state index contributed by atoms with van der Waals surface area (Å²) in [6.07, 6.45) is -0.310. The van der Waals surface area contributed by atoms with Crippen molar-refractivity contribution in [1.29, 1.82) is 0 Å². The van der Waals surface area contributed by atoms with Crippen molar-refractivity contribution in [1.82, 2.24) is 4.90 Å². The Bertz CT molecular complexity index is 203. The maximum absolute atomic E-state index is 11.1. The van der Waals surface area contributed by atoms with E-state index in [1.54, 1.807) is 11.8 Å². The number of ether oxygens (including phenoxy) is 1. The van der Waals surface area contributed by atoms with Gasteiger partial charge in [0, 0.05) is 6.54 Å². The van der Waals surface area contributed by atoms with E-state index < -0.39 is 0 Å². The summed E-state index contributed by atoms with van der Waals surface area (Å²) in [6.45, 7) is 3.73. The Morgan fingerprint density at radius 3 is 3.17 bits per heavy atom. The Morgan fingerprint density at radius 2 is 2.58 bits per heavy atom. The van der Waals surface area contributed by atoms with Crippen molar-refractivity contribution in [3.8, 4) is 0 Å². The molecular weight excluding hydrogens is 158 g/mol. The summed E-state index contributed by atoms with van der Waals surface area (Å²) in [5, 5.41) is 0. The van der Waals surface area contributed by atoms with E-state index in [-0.39, 0.29) is 6.09 Å². The molecule has 12 heavy (non-hydrogen) atoms. The molecule has 0 saturated heterocycles. The van der Waals surface area contributed by atoms with Crippen LogP contribution in [-0.2, 0) is 4.74 Å². The highest BCUT2D eigenvalue weighted by atomic mass is 16.6. The molecule has 0 spiro atoms. The molecule has 1 amide bonds. The molecule has 0 aromatic rings. The van der Waals surface area contributed by atoms with Crippen LogP contribution >= 0.6 is 0 Å². The van der Waals surface area contributed by atoms with Gasteiger partial charge in [-0.1, -0.05) is 0 Å². The second kappa shape index (κ2) is 3.94. The van der Waals surface area contributed by atoms with Crippen molar-refractivity contribution in [2.24, 2.45) is 10.7 Å². The van der Waals surface area contributed by atoms with Gasteiger partial charge in [0.1, 0.15) is 5.84 Å². The SMILES string of the molecule is CCOC(=O)N1CCN=C(N)C1. The van der Waals surface area contributed by atoms with Crippen LogP contribution in [0.2, 0.25) is 0 Å². The van der Waals surface area contributed by atoms with E-state index in [0.717, 1.165) is 0 Å². The number of nitrogens with two attached hydrogens (primary N) is 1. The molecule has 2 N–H and O–H groups in total. The lowest BCUT2D eigenvalue weighted by Gasteiger charge is -2.23. The summed E-state index contributed by atoms with van der Waals surface area (Å²) in [5.41, 5.74) is 5.46. The fourth-order valence-corrected chi connectivity index (χ4v) is 1.01. The molecule has 0 bridgehead atoms. The van der Waals surface area contributed by atoms with Gasteiger partial charge in [-0.3, -0.25) is 9.89 Å². The Balaban J connectivity index is 2.43. The zero-order valence-corrected chi connectivity index (χ0v) is 7.12. The summed E-state index contributed by atoms with van der Waals surface area (Å²) in [7, 11) is 0.